The van der Waals surface area contributed by atoms with Gasteiger partial charge in [-0.15, -0.1) is 0 Å². The van der Waals surface area contributed by atoms with Crippen molar-refractivity contribution in [3.05, 3.63) is 58.7 Å². The molecular weight excluding hydrogens is 380 g/mol. The van der Waals surface area contributed by atoms with E-state index >= 15 is 0 Å². The zero-order valence-electron chi connectivity index (χ0n) is 18.2. The number of rotatable bonds is 6. The van der Waals surface area contributed by atoms with Gasteiger partial charge in [0.25, 0.3) is 0 Å². The molecule has 158 valence electrons. The number of ether oxygens (including phenoxy) is 4. The van der Waals surface area contributed by atoms with Crippen molar-refractivity contribution >= 4 is 17.9 Å². The third-order valence-corrected chi connectivity index (χ3v) is 5.25. The van der Waals surface area contributed by atoms with Gasteiger partial charge in [-0.2, -0.15) is 0 Å². The number of carbonyl (C=O) groups excluding carboxylic acids is 1. The number of carbonyl (C=O) groups is 1. The molecular formula is C25H28O5. The first-order chi connectivity index (χ1) is 14.5. The van der Waals surface area contributed by atoms with Crippen LogP contribution in [0.4, 0.5) is 0 Å². The maximum absolute atomic E-state index is 13.3. The fourth-order valence-corrected chi connectivity index (χ4v) is 3.74. The predicted octanol–water partition coefficient (Wildman–Crippen LogP) is 5.19. The molecule has 1 aliphatic carbocycles. The molecule has 0 aliphatic heterocycles. The smallest absolute Gasteiger partial charge is 0.185 e. The number of ketones is 1. The molecule has 0 amide bonds. The normalized spacial score (nSPS) is 19.1. The summed E-state index contributed by atoms with van der Waals surface area (Å²) in [7, 11) is 6.48. The Bertz CT molecular complexity index is 910. The van der Waals surface area contributed by atoms with Gasteiger partial charge in [0, 0.05) is 22.3 Å². The molecule has 1 saturated carbocycles. The second-order valence-corrected chi connectivity index (χ2v) is 7.40. The molecule has 1 fully saturated rings. The van der Waals surface area contributed by atoms with Gasteiger partial charge >= 0.3 is 0 Å². The van der Waals surface area contributed by atoms with Crippen LogP contribution in [0, 0.1) is 5.92 Å². The van der Waals surface area contributed by atoms with E-state index in [1.54, 1.807) is 28.4 Å². The quantitative estimate of drug-likeness (QED) is 0.616. The highest BCUT2D eigenvalue weighted by Crippen LogP contribution is 2.36. The summed E-state index contributed by atoms with van der Waals surface area (Å²) in [5.41, 5.74) is 3.17. The minimum Gasteiger partial charge on any atom is -0.497 e. The molecule has 0 atom stereocenters. The molecule has 0 radical (unpaired) electrons. The van der Waals surface area contributed by atoms with Crippen molar-refractivity contribution in [1.29, 1.82) is 0 Å². The van der Waals surface area contributed by atoms with Crippen LogP contribution >= 0.6 is 0 Å². The van der Waals surface area contributed by atoms with Crippen molar-refractivity contribution in [2.75, 3.05) is 28.4 Å². The molecule has 30 heavy (non-hydrogen) atoms. The molecule has 0 N–H and O–H groups in total. The second kappa shape index (κ2) is 9.53. The monoisotopic (exact) mass is 408 g/mol. The molecule has 3 rings (SSSR count). The highest BCUT2D eigenvalue weighted by Gasteiger charge is 2.26. The lowest BCUT2D eigenvalue weighted by atomic mass is 9.80. The highest BCUT2D eigenvalue weighted by atomic mass is 16.5. The molecule has 5 nitrogen and oxygen atoms in total. The number of methoxy groups -OCH3 is 4. The minimum atomic E-state index is 0.0443. The van der Waals surface area contributed by atoms with Gasteiger partial charge in [-0.05, 0) is 67.3 Å². The number of benzene rings is 2. The Morgan fingerprint density at radius 2 is 1.17 bits per heavy atom. The Labute approximate surface area is 177 Å². The molecule has 0 saturated heterocycles. The van der Waals surface area contributed by atoms with Crippen molar-refractivity contribution in [3.8, 4) is 23.0 Å². The lowest BCUT2D eigenvalue weighted by Crippen LogP contribution is -2.18. The fourth-order valence-electron chi connectivity index (χ4n) is 3.74. The number of allylic oxidation sites excluding steroid dienone is 2. The first-order valence-corrected chi connectivity index (χ1v) is 9.89. The van der Waals surface area contributed by atoms with Gasteiger partial charge in [0.2, 0.25) is 0 Å². The van der Waals surface area contributed by atoms with Gasteiger partial charge in [-0.1, -0.05) is 6.92 Å². The Hall–Kier alpha value is -3.21. The summed E-state index contributed by atoms with van der Waals surface area (Å²) in [5, 5.41) is 0. The molecule has 1 aliphatic rings. The SMILES string of the molecule is COc1ccc(OC)c(C=C2CC(C)CC(=Cc3cc(OC)ccc3OC)C2=O)c1. The fraction of sp³-hybridized carbons (Fsp3) is 0.320. The van der Waals surface area contributed by atoms with E-state index in [2.05, 4.69) is 6.92 Å². The molecule has 5 heteroatoms. The number of hydrogen-bond donors (Lipinski definition) is 0. The van der Waals surface area contributed by atoms with Crippen molar-refractivity contribution in [1.82, 2.24) is 0 Å². The van der Waals surface area contributed by atoms with E-state index in [1.165, 1.54) is 0 Å². The lowest BCUT2D eigenvalue weighted by Gasteiger charge is -2.23. The first-order valence-electron chi connectivity index (χ1n) is 9.89. The van der Waals surface area contributed by atoms with Crippen LogP contribution in [0.25, 0.3) is 12.2 Å². The zero-order valence-corrected chi connectivity index (χ0v) is 18.2. The van der Waals surface area contributed by atoms with Crippen LogP contribution in [0.3, 0.4) is 0 Å². The summed E-state index contributed by atoms with van der Waals surface area (Å²) in [4.78, 5) is 13.3. The van der Waals surface area contributed by atoms with Crippen molar-refractivity contribution < 1.29 is 23.7 Å². The van der Waals surface area contributed by atoms with Crippen molar-refractivity contribution in [2.24, 2.45) is 5.92 Å². The second-order valence-electron chi connectivity index (χ2n) is 7.40. The maximum atomic E-state index is 13.3. The van der Waals surface area contributed by atoms with E-state index in [-0.39, 0.29) is 5.78 Å². The van der Waals surface area contributed by atoms with Crippen LogP contribution in [0.5, 0.6) is 23.0 Å². The topological polar surface area (TPSA) is 54.0 Å². The summed E-state index contributed by atoms with van der Waals surface area (Å²) in [6.07, 6.45) is 5.25. The Balaban J connectivity index is 2.02. The summed E-state index contributed by atoms with van der Waals surface area (Å²) in [6.45, 7) is 2.15. The Kier molecular flexibility index (Phi) is 6.83. The van der Waals surface area contributed by atoms with Crippen LogP contribution < -0.4 is 18.9 Å². The average Bonchev–Trinajstić information content (AvgIpc) is 2.76. The lowest BCUT2D eigenvalue weighted by molar-refractivity contribution is -0.113. The Morgan fingerprint density at radius 3 is 1.53 bits per heavy atom. The van der Waals surface area contributed by atoms with E-state index in [0.29, 0.717) is 30.3 Å². The van der Waals surface area contributed by atoms with Gasteiger partial charge in [0.15, 0.2) is 5.78 Å². The predicted molar refractivity (Wildman–Crippen MR) is 118 cm³/mol. The van der Waals surface area contributed by atoms with Crippen LogP contribution in [-0.4, -0.2) is 34.2 Å². The maximum Gasteiger partial charge on any atom is 0.185 e. The van der Waals surface area contributed by atoms with E-state index in [0.717, 1.165) is 33.8 Å². The molecule has 0 heterocycles. The largest absolute Gasteiger partial charge is 0.497 e. The van der Waals surface area contributed by atoms with Crippen molar-refractivity contribution in [2.45, 2.75) is 19.8 Å². The third kappa shape index (κ3) is 4.67. The van der Waals surface area contributed by atoms with E-state index < -0.39 is 0 Å². The summed E-state index contributed by atoms with van der Waals surface area (Å²) < 4.78 is 21.6. The van der Waals surface area contributed by atoms with Crippen LogP contribution in [0.2, 0.25) is 0 Å². The van der Waals surface area contributed by atoms with Gasteiger partial charge in [-0.25, -0.2) is 0 Å². The van der Waals surface area contributed by atoms with Crippen LogP contribution in [-0.2, 0) is 4.79 Å². The van der Waals surface area contributed by atoms with E-state index in [1.807, 2.05) is 48.6 Å². The molecule has 2 aromatic rings. The first kappa shape index (κ1) is 21.5. The standard InChI is InChI=1S/C25H28O5/c1-16-10-19(12-17-14-21(27-2)6-8-23(17)29-4)25(26)20(11-16)13-18-15-22(28-3)7-9-24(18)30-5/h6-9,12-16H,10-11H2,1-5H3. The van der Waals surface area contributed by atoms with Crippen molar-refractivity contribution in [3.63, 3.8) is 0 Å². The van der Waals surface area contributed by atoms with E-state index in [9.17, 15) is 4.79 Å². The van der Waals surface area contributed by atoms with E-state index in [4.69, 9.17) is 18.9 Å². The number of hydrogen-bond acceptors (Lipinski definition) is 5. The summed E-state index contributed by atoms with van der Waals surface area (Å²) in [6, 6.07) is 11.1. The summed E-state index contributed by atoms with van der Waals surface area (Å²) in [5.74, 6) is 3.23. The third-order valence-electron chi connectivity index (χ3n) is 5.25. The number of Topliss-reactive ketones (excluding diaryl/α,β-unsaturated/α-hetero) is 1. The molecule has 2 aromatic carbocycles. The molecule has 0 spiro atoms. The molecule has 0 aromatic heterocycles. The van der Waals surface area contributed by atoms with Crippen LogP contribution in [0.1, 0.15) is 30.9 Å². The van der Waals surface area contributed by atoms with Gasteiger partial charge in [-0.3, -0.25) is 4.79 Å². The average molecular weight is 408 g/mol. The minimum absolute atomic E-state index is 0.0443. The Morgan fingerprint density at radius 1 is 0.733 bits per heavy atom. The van der Waals surface area contributed by atoms with Gasteiger partial charge in [0.05, 0.1) is 28.4 Å². The van der Waals surface area contributed by atoms with Gasteiger partial charge in [0.1, 0.15) is 23.0 Å². The highest BCUT2D eigenvalue weighted by molar-refractivity contribution is 6.14. The molecule has 0 bridgehead atoms. The zero-order chi connectivity index (χ0) is 21.7. The molecule has 0 unspecified atom stereocenters. The van der Waals surface area contributed by atoms with Crippen LogP contribution in [0.15, 0.2) is 47.5 Å². The van der Waals surface area contributed by atoms with Gasteiger partial charge < -0.3 is 18.9 Å². The summed E-state index contributed by atoms with van der Waals surface area (Å²) >= 11 is 0.